The van der Waals surface area contributed by atoms with Crippen molar-refractivity contribution in [3.05, 3.63) is 81.2 Å². The molecule has 1 amide bonds. The molecule has 0 unspecified atom stereocenters. The van der Waals surface area contributed by atoms with Crippen LogP contribution in [0.25, 0.3) is 21.5 Å². The summed E-state index contributed by atoms with van der Waals surface area (Å²) in [6, 6.07) is 15.6. The van der Waals surface area contributed by atoms with Crippen LogP contribution in [-0.2, 0) is 0 Å². The van der Waals surface area contributed by atoms with Gasteiger partial charge in [-0.15, -0.1) is 11.3 Å². The van der Waals surface area contributed by atoms with E-state index in [-0.39, 0.29) is 18.0 Å². The fraction of sp³-hybridized carbons (Fsp3) is 0.0455. The maximum absolute atomic E-state index is 12.9. The summed E-state index contributed by atoms with van der Waals surface area (Å²) in [5.74, 6) is 0.215. The third kappa shape index (κ3) is 3.63. The Bertz CT molecular complexity index is 1380. The summed E-state index contributed by atoms with van der Waals surface area (Å²) in [6.07, 6.45) is 1.21. The van der Waals surface area contributed by atoms with Crippen molar-refractivity contribution in [1.29, 1.82) is 0 Å². The first-order valence-electron chi connectivity index (χ1n) is 9.45. The number of nitro groups is 1. The van der Waals surface area contributed by atoms with Gasteiger partial charge in [0.1, 0.15) is 0 Å². The fourth-order valence-corrected chi connectivity index (χ4v) is 4.03. The molecule has 5 rings (SSSR count). The molecule has 9 nitrogen and oxygen atoms in total. The number of aromatic nitrogens is 1. The highest BCUT2D eigenvalue weighted by Gasteiger charge is 2.22. The highest BCUT2D eigenvalue weighted by Crippen LogP contribution is 2.37. The molecule has 1 aliphatic heterocycles. The molecule has 2 aromatic carbocycles. The van der Waals surface area contributed by atoms with Crippen LogP contribution in [-0.4, -0.2) is 28.8 Å². The van der Waals surface area contributed by atoms with Crippen molar-refractivity contribution < 1.29 is 19.2 Å². The number of rotatable bonds is 5. The zero-order valence-electron chi connectivity index (χ0n) is 16.3. The summed E-state index contributed by atoms with van der Waals surface area (Å²) in [4.78, 5) is 29.4. The Labute approximate surface area is 185 Å². The lowest BCUT2D eigenvalue weighted by Crippen LogP contribution is -2.18. The van der Waals surface area contributed by atoms with Gasteiger partial charge >= 0.3 is 0 Å². The number of ether oxygens (including phenoxy) is 2. The van der Waals surface area contributed by atoms with Crippen LogP contribution in [0.3, 0.4) is 0 Å². The van der Waals surface area contributed by atoms with Gasteiger partial charge < -0.3 is 9.47 Å². The van der Waals surface area contributed by atoms with E-state index in [9.17, 15) is 14.9 Å². The van der Waals surface area contributed by atoms with Gasteiger partial charge in [-0.25, -0.2) is 10.4 Å². The van der Waals surface area contributed by atoms with E-state index in [1.54, 1.807) is 6.07 Å². The van der Waals surface area contributed by atoms with E-state index in [4.69, 9.17) is 9.47 Å². The quantitative estimate of drug-likeness (QED) is 0.277. The third-order valence-electron chi connectivity index (χ3n) is 4.82. The Hall–Kier alpha value is -4.31. The van der Waals surface area contributed by atoms with Gasteiger partial charge in [0.25, 0.3) is 11.6 Å². The maximum atomic E-state index is 12.9. The van der Waals surface area contributed by atoms with Gasteiger partial charge in [0.15, 0.2) is 11.5 Å². The molecule has 0 radical (unpaired) electrons. The second-order valence-electron chi connectivity index (χ2n) is 6.77. The van der Waals surface area contributed by atoms with Crippen LogP contribution in [0.2, 0.25) is 0 Å². The molecule has 0 saturated heterocycles. The number of benzene rings is 2. The third-order valence-corrected chi connectivity index (χ3v) is 5.72. The Morgan fingerprint density at radius 2 is 1.97 bits per heavy atom. The van der Waals surface area contributed by atoms with Crippen LogP contribution < -0.4 is 14.9 Å². The summed E-state index contributed by atoms with van der Waals surface area (Å²) in [7, 11) is 0. The van der Waals surface area contributed by atoms with Gasteiger partial charge in [-0.1, -0.05) is 24.3 Å². The molecule has 158 valence electrons. The van der Waals surface area contributed by atoms with E-state index >= 15 is 0 Å². The molecular weight excluding hydrogens is 432 g/mol. The number of amides is 1. The Kier molecular flexibility index (Phi) is 4.96. The monoisotopic (exact) mass is 446 g/mol. The Balaban J connectivity index is 1.46. The lowest BCUT2D eigenvalue weighted by atomic mass is 10.1. The summed E-state index contributed by atoms with van der Waals surface area (Å²) in [6.45, 7) is -0.00842. The first-order chi connectivity index (χ1) is 15.6. The standard InChI is InChI=1S/C22H14N4O5S/c27-22(25-23-11-13-8-19-20(31-12-30-19)10-18(13)26(28)29)15-9-17(21-6-3-7-32-21)24-16-5-2-1-4-14(15)16/h1-11H,12H2,(H,25,27). The lowest BCUT2D eigenvalue weighted by Gasteiger charge is -2.08. The second-order valence-corrected chi connectivity index (χ2v) is 7.72. The second kappa shape index (κ2) is 8.08. The minimum absolute atomic E-state index is 0.00842. The topological polar surface area (TPSA) is 116 Å². The molecule has 0 saturated carbocycles. The number of hydrazone groups is 1. The van der Waals surface area contributed by atoms with E-state index in [0.717, 1.165) is 4.88 Å². The van der Waals surface area contributed by atoms with Gasteiger partial charge in [-0.3, -0.25) is 14.9 Å². The predicted molar refractivity (Wildman–Crippen MR) is 119 cm³/mol. The minimum atomic E-state index is -0.547. The normalized spacial score (nSPS) is 12.4. The molecule has 2 aromatic heterocycles. The highest BCUT2D eigenvalue weighted by atomic mass is 32.1. The van der Waals surface area contributed by atoms with Gasteiger partial charge in [0.2, 0.25) is 6.79 Å². The number of carbonyl (C=O) groups is 1. The predicted octanol–water partition coefficient (Wildman–Crippen LogP) is 4.36. The number of nitrogens with one attached hydrogen (secondary N) is 1. The number of pyridine rings is 1. The molecule has 0 fully saturated rings. The van der Waals surface area contributed by atoms with Gasteiger partial charge in [0.05, 0.1) is 44.4 Å². The van der Waals surface area contributed by atoms with Gasteiger partial charge in [-0.2, -0.15) is 5.10 Å². The highest BCUT2D eigenvalue weighted by molar-refractivity contribution is 7.13. The van der Waals surface area contributed by atoms with Crippen LogP contribution in [0.5, 0.6) is 11.5 Å². The molecule has 0 spiro atoms. The van der Waals surface area contributed by atoms with E-state index in [1.165, 1.54) is 29.7 Å². The summed E-state index contributed by atoms with van der Waals surface area (Å²) in [5.41, 5.74) is 4.19. The number of thiophene rings is 1. The minimum Gasteiger partial charge on any atom is -0.454 e. The molecule has 32 heavy (non-hydrogen) atoms. The average molecular weight is 446 g/mol. The first-order valence-corrected chi connectivity index (χ1v) is 10.3. The van der Waals surface area contributed by atoms with Gasteiger partial charge in [-0.05, 0) is 29.6 Å². The van der Waals surface area contributed by atoms with Crippen molar-refractivity contribution in [2.75, 3.05) is 6.79 Å². The number of hydrogen-bond acceptors (Lipinski definition) is 8. The van der Waals surface area contributed by atoms with Crippen molar-refractivity contribution >= 4 is 40.0 Å². The van der Waals surface area contributed by atoms with Crippen molar-refractivity contribution in [1.82, 2.24) is 10.4 Å². The van der Waals surface area contributed by atoms with Crippen LogP contribution in [0, 0.1) is 10.1 Å². The van der Waals surface area contributed by atoms with Crippen LogP contribution in [0.15, 0.2) is 65.1 Å². The van der Waals surface area contributed by atoms with E-state index in [0.29, 0.717) is 33.7 Å². The molecule has 0 atom stereocenters. The molecule has 1 N–H and O–H groups in total. The number of fused-ring (bicyclic) bond motifs is 2. The van der Waals surface area contributed by atoms with Crippen LogP contribution >= 0.6 is 11.3 Å². The zero-order chi connectivity index (χ0) is 22.1. The SMILES string of the molecule is O=C(NN=Cc1cc2c(cc1[N+](=O)[O-])OCO2)c1cc(-c2cccs2)nc2ccccc12. The van der Waals surface area contributed by atoms with Crippen molar-refractivity contribution in [3.63, 3.8) is 0 Å². The zero-order valence-corrected chi connectivity index (χ0v) is 17.2. The Morgan fingerprint density at radius 1 is 1.16 bits per heavy atom. The van der Waals surface area contributed by atoms with Crippen LogP contribution in [0.1, 0.15) is 15.9 Å². The molecular formula is C22H14N4O5S. The molecule has 0 aliphatic carbocycles. The fourth-order valence-electron chi connectivity index (χ4n) is 3.34. The number of para-hydroxylation sites is 1. The largest absolute Gasteiger partial charge is 0.454 e. The number of hydrogen-bond donors (Lipinski definition) is 1. The van der Waals surface area contributed by atoms with Gasteiger partial charge in [0, 0.05) is 5.39 Å². The number of nitro benzene ring substituents is 1. The summed E-state index contributed by atoms with van der Waals surface area (Å²) in [5, 5.41) is 17.9. The van der Waals surface area contributed by atoms with Crippen molar-refractivity contribution in [2.24, 2.45) is 5.10 Å². The van der Waals surface area contributed by atoms with E-state index in [2.05, 4.69) is 15.5 Å². The molecule has 4 aromatic rings. The maximum Gasteiger partial charge on any atom is 0.282 e. The summed E-state index contributed by atoms with van der Waals surface area (Å²) < 4.78 is 10.4. The van der Waals surface area contributed by atoms with Crippen LogP contribution in [0.4, 0.5) is 5.69 Å². The molecule has 3 heterocycles. The van der Waals surface area contributed by atoms with E-state index < -0.39 is 10.8 Å². The lowest BCUT2D eigenvalue weighted by molar-refractivity contribution is -0.385. The number of carbonyl (C=O) groups excluding carboxylic acids is 1. The summed E-state index contributed by atoms with van der Waals surface area (Å²) >= 11 is 1.52. The molecule has 0 bridgehead atoms. The Morgan fingerprint density at radius 3 is 2.75 bits per heavy atom. The van der Waals surface area contributed by atoms with E-state index in [1.807, 2.05) is 41.8 Å². The smallest absolute Gasteiger partial charge is 0.282 e. The average Bonchev–Trinajstić information content (AvgIpc) is 3.49. The van der Waals surface area contributed by atoms with Crippen molar-refractivity contribution in [3.8, 4) is 22.1 Å². The first kappa shape index (κ1) is 19.6. The molecule has 10 heteroatoms. The molecule has 1 aliphatic rings. The van der Waals surface area contributed by atoms with Crippen molar-refractivity contribution in [2.45, 2.75) is 0 Å². The number of nitrogens with zero attached hydrogens (tertiary/aromatic N) is 3.